The van der Waals surface area contributed by atoms with Crippen molar-refractivity contribution in [3.8, 4) is 0 Å². The van der Waals surface area contributed by atoms with Crippen LogP contribution in [-0.4, -0.2) is 36.7 Å². The van der Waals surface area contributed by atoms with Gasteiger partial charge in [-0.05, 0) is 12.8 Å². The molecule has 0 aliphatic carbocycles. The van der Waals surface area contributed by atoms with E-state index in [4.69, 9.17) is 9.84 Å². The molecule has 0 aliphatic rings. The van der Waals surface area contributed by atoms with E-state index in [1.807, 2.05) is 6.92 Å². The summed E-state index contributed by atoms with van der Waals surface area (Å²) in [6.45, 7) is 5.02. The zero-order chi connectivity index (χ0) is 12.4. The van der Waals surface area contributed by atoms with Gasteiger partial charge >= 0.3 is 5.97 Å². The number of hydrogen-bond acceptors (Lipinski definition) is 3. The number of hydrogen-bond donors (Lipinski definition) is 2. The number of carbonyl (C=O) groups excluding carboxylic acids is 1. The zero-order valence-corrected chi connectivity index (χ0v) is 9.99. The van der Waals surface area contributed by atoms with E-state index in [2.05, 4.69) is 5.32 Å². The summed E-state index contributed by atoms with van der Waals surface area (Å²) in [5.74, 6) is -1.53. The predicted octanol–water partition coefficient (Wildman–Crippen LogP) is 1.03. The number of nitrogens with one attached hydrogen (secondary N) is 1. The van der Waals surface area contributed by atoms with Crippen LogP contribution >= 0.6 is 0 Å². The summed E-state index contributed by atoms with van der Waals surface area (Å²) in [6.07, 6.45) is 1.73. The Bertz CT molecular complexity index is 218. The molecule has 0 aromatic carbocycles. The van der Waals surface area contributed by atoms with E-state index in [0.29, 0.717) is 19.6 Å². The van der Waals surface area contributed by atoms with E-state index in [1.165, 1.54) is 0 Å². The maximum atomic E-state index is 11.3. The van der Waals surface area contributed by atoms with E-state index >= 15 is 0 Å². The fourth-order valence-electron chi connectivity index (χ4n) is 1.14. The standard InChI is InChI=1S/C11H21NO4/c1-3-6-16-7-5-10(13)12-8-9(4-2)11(14)15/h9H,3-8H2,1-2H3,(H,12,13)(H,14,15). The highest BCUT2D eigenvalue weighted by atomic mass is 16.5. The molecule has 0 saturated carbocycles. The lowest BCUT2D eigenvalue weighted by Crippen LogP contribution is -2.33. The Labute approximate surface area is 96.2 Å². The number of carboxylic acid groups (broad SMARTS) is 1. The van der Waals surface area contributed by atoms with Crippen LogP contribution < -0.4 is 5.32 Å². The van der Waals surface area contributed by atoms with Crippen LogP contribution in [-0.2, 0) is 14.3 Å². The van der Waals surface area contributed by atoms with Crippen LogP contribution in [0, 0.1) is 5.92 Å². The van der Waals surface area contributed by atoms with Crippen molar-refractivity contribution in [2.24, 2.45) is 5.92 Å². The van der Waals surface area contributed by atoms with E-state index in [-0.39, 0.29) is 18.9 Å². The molecule has 0 heterocycles. The summed E-state index contributed by atoms with van der Waals surface area (Å²) in [7, 11) is 0. The van der Waals surface area contributed by atoms with Gasteiger partial charge in [-0.1, -0.05) is 13.8 Å². The Kier molecular flexibility index (Phi) is 8.52. The normalized spacial score (nSPS) is 12.1. The van der Waals surface area contributed by atoms with Crippen molar-refractivity contribution in [1.82, 2.24) is 5.32 Å². The SMILES string of the molecule is CCCOCCC(=O)NCC(CC)C(=O)O. The first-order valence-corrected chi connectivity index (χ1v) is 5.69. The van der Waals surface area contributed by atoms with Gasteiger partial charge in [0.2, 0.25) is 5.91 Å². The lowest BCUT2D eigenvalue weighted by atomic mass is 10.1. The minimum absolute atomic E-state index is 0.157. The monoisotopic (exact) mass is 231 g/mol. The fraction of sp³-hybridized carbons (Fsp3) is 0.818. The quantitative estimate of drug-likeness (QED) is 0.581. The molecule has 0 fully saturated rings. The van der Waals surface area contributed by atoms with E-state index in [1.54, 1.807) is 6.92 Å². The molecule has 0 rings (SSSR count). The first-order valence-electron chi connectivity index (χ1n) is 5.69. The largest absolute Gasteiger partial charge is 0.481 e. The molecule has 1 unspecified atom stereocenters. The topological polar surface area (TPSA) is 75.6 Å². The van der Waals surface area contributed by atoms with Gasteiger partial charge in [0.15, 0.2) is 0 Å². The molecule has 0 spiro atoms. The Hall–Kier alpha value is -1.10. The molecule has 0 aromatic heterocycles. The van der Waals surface area contributed by atoms with Gasteiger partial charge in [-0.2, -0.15) is 0 Å². The fourth-order valence-corrected chi connectivity index (χ4v) is 1.14. The van der Waals surface area contributed by atoms with Gasteiger partial charge in [0, 0.05) is 19.6 Å². The van der Waals surface area contributed by atoms with Gasteiger partial charge in [0.05, 0.1) is 12.5 Å². The summed E-state index contributed by atoms with van der Waals surface area (Å²) in [4.78, 5) is 21.9. The maximum Gasteiger partial charge on any atom is 0.308 e. The molecule has 0 radical (unpaired) electrons. The lowest BCUT2D eigenvalue weighted by Gasteiger charge is -2.10. The predicted molar refractivity (Wildman–Crippen MR) is 60.2 cm³/mol. The molecule has 1 amide bonds. The van der Waals surface area contributed by atoms with Crippen LogP contribution in [0.5, 0.6) is 0 Å². The minimum atomic E-state index is -0.870. The third-order valence-electron chi connectivity index (χ3n) is 2.21. The van der Waals surface area contributed by atoms with Gasteiger partial charge in [-0.15, -0.1) is 0 Å². The average molecular weight is 231 g/mol. The summed E-state index contributed by atoms with van der Waals surface area (Å²) < 4.78 is 5.16. The Morgan fingerprint density at radius 1 is 1.31 bits per heavy atom. The zero-order valence-electron chi connectivity index (χ0n) is 9.99. The first-order chi connectivity index (χ1) is 7.61. The third kappa shape index (κ3) is 7.23. The number of carbonyl (C=O) groups is 2. The smallest absolute Gasteiger partial charge is 0.308 e. The first kappa shape index (κ1) is 14.9. The van der Waals surface area contributed by atoms with Crippen LogP contribution in [0.15, 0.2) is 0 Å². The number of carboxylic acids is 1. The Morgan fingerprint density at radius 2 is 2.00 bits per heavy atom. The van der Waals surface area contributed by atoms with Crippen LogP contribution in [0.25, 0.3) is 0 Å². The lowest BCUT2D eigenvalue weighted by molar-refractivity contribution is -0.141. The van der Waals surface area contributed by atoms with Crippen molar-refractivity contribution >= 4 is 11.9 Å². The summed E-state index contributed by atoms with van der Waals surface area (Å²) >= 11 is 0. The second-order valence-corrected chi connectivity index (χ2v) is 3.61. The molecular formula is C11H21NO4. The summed E-state index contributed by atoms with van der Waals surface area (Å²) in [5.41, 5.74) is 0. The van der Waals surface area contributed by atoms with E-state index < -0.39 is 11.9 Å². The number of amides is 1. The van der Waals surface area contributed by atoms with Gasteiger partial charge < -0.3 is 15.2 Å². The minimum Gasteiger partial charge on any atom is -0.481 e. The van der Waals surface area contributed by atoms with Crippen molar-refractivity contribution < 1.29 is 19.4 Å². The van der Waals surface area contributed by atoms with Crippen LogP contribution in [0.1, 0.15) is 33.1 Å². The van der Waals surface area contributed by atoms with E-state index in [0.717, 1.165) is 6.42 Å². The Morgan fingerprint density at radius 3 is 2.50 bits per heavy atom. The van der Waals surface area contributed by atoms with Crippen LogP contribution in [0.4, 0.5) is 0 Å². The second-order valence-electron chi connectivity index (χ2n) is 3.61. The van der Waals surface area contributed by atoms with Crippen LogP contribution in [0.2, 0.25) is 0 Å². The van der Waals surface area contributed by atoms with Gasteiger partial charge in [-0.3, -0.25) is 9.59 Å². The third-order valence-corrected chi connectivity index (χ3v) is 2.21. The highest BCUT2D eigenvalue weighted by molar-refractivity contribution is 5.77. The van der Waals surface area contributed by atoms with Gasteiger partial charge in [0.25, 0.3) is 0 Å². The molecule has 5 heteroatoms. The van der Waals surface area contributed by atoms with Crippen LogP contribution in [0.3, 0.4) is 0 Å². The number of aliphatic carboxylic acids is 1. The molecule has 0 saturated heterocycles. The molecule has 94 valence electrons. The Balaban J connectivity index is 3.59. The average Bonchev–Trinajstić information content (AvgIpc) is 2.25. The van der Waals surface area contributed by atoms with E-state index in [9.17, 15) is 9.59 Å². The summed E-state index contributed by atoms with van der Waals surface area (Å²) in [6, 6.07) is 0. The number of rotatable bonds is 9. The van der Waals surface area contributed by atoms with Crippen molar-refractivity contribution in [2.75, 3.05) is 19.8 Å². The highest BCUT2D eigenvalue weighted by Crippen LogP contribution is 2.00. The molecule has 2 N–H and O–H groups in total. The van der Waals surface area contributed by atoms with Crippen molar-refractivity contribution in [2.45, 2.75) is 33.1 Å². The summed E-state index contributed by atoms with van der Waals surface area (Å²) in [5, 5.41) is 11.3. The second kappa shape index (κ2) is 9.15. The van der Waals surface area contributed by atoms with Gasteiger partial charge in [0.1, 0.15) is 0 Å². The molecule has 1 atom stereocenters. The maximum absolute atomic E-state index is 11.3. The molecule has 0 bridgehead atoms. The molecule has 5 nitrogen and oxygen atoms in total. The van der Waals surface area contributed by atoms with Crippen molar-refractivity contribution in [3.05, 3.63) is 0 Å². The van der Waals surface area contributed by atoms with Crippen molar-refractivity contribution in [3.63, 3.8) is 0 Å². The number of ether oxygens (including phenoxy) is 1. The molecular weight excluding hydrogens is 210 g/mol. The molecule has 0 aliphatic heterocycles. The molecule has 16 heavy (non-hydrogen) atoms. The highest BCUT2D eigenvalue weighted by Gasteiger charge is 2.15. The van der Waals surface area contributed by atoms with Gasteiger partial charge in [-0.25, -0.2) is 0 Å². The molecule has 0 aromatic rings. The van der Waals surface area contributed by atoms with Crippen molar-refractivity contribution in [1.29, 1.82) is 0 Å².